The Labute approximate surface area is 161 Å². The molecular weight excluding hydrogens is 340 g/mol. The first-order chi connectivity index (χ1) is 12.8. The summed E-state index contributed by atoms with van der Waals surface area (Å²) in [7, 11) is 0. The van der Waals surface area contributed by atoms with Gasteiger partial charge in [0.25, 0.3) is 0 Å². The van der Waals surface area contributed by atoms with E-state index in [1.807, 2.05) is 64.1 Å². The molecule has 5 heteroatoms. The van der Waals surface area contributed by atoms with Crippen LogP contribution in [0.1, 0.15) is 37.0 Å². The van der Waals surface area contributed by atoms with Crippen LogP contribution in [0.5, 0.6) is 5.75 Å². The Kier molecular flexibility index (Phi) is 7.41. The average molecular weight is 368 g/mol. The molecule has 0 radical (unpaired) electrons. The summed E-state index contributed by atoms with van der Waals surface area (Å²) in [6.45, 7) is 8.52. The molecule has 0 aromatic heterocycles. The second-order valence-corrected chi connectivity index (χ2v) is 6.99. The van der Waals surface area contributed by atoms with Gasteiger partial charge in [-0.05, 0) is 43.2 Å². The van der Waals surface area contributed by atoms with E-state index in [9.17, 15) is 9.59 Å². The molecule has 0 saturated carbocycles. The van der Waals surface area contributed by atoms with Gasteiger partial charge in [0, 0.05) is 18.2 Å². The van der Waals surface area contributed by atoms with Crippen LogP contribution in [0.3, 0.4) is 0 Å². The molecule has 144 valence electrons. The van der Waals surface area contributed by atoms with E-state index in [0.717, 1.165) is 22.6 Å². The number of hydrogen-bond acceptors (Lipinski definition) is 3. The fourth-order valence-electron chi connectivity index (χ4n) is 2.50. The van der Waals surface area contributed by atoms with Gasteiger partial charge in [-0.25, -0.2) is 0 Å². The quantitative estimate of drug-likeness (QED) is 0.740. The molecule has 0 atom stereocenters. The average Bonchev–Trinajstić information content (AvgIpc) is 2.63. The monoisotopic (exact) mass is 368 g/mol. The topological polar surface area (TPSA) is 67.4 Å². The minimum Gasteiger partial charge on any atom is -0.493 e. The lowest BCUT2D eigenvalue weighted by atomic mass is 10.1. The first-order valence-electron chi connectivity index (χ1n) is 9.21. The number of amides is 2. The maximum atomic E-state index is 12.0. The summed E-state index contributed by atoms with van der Waals surface area (Å²) in [5.74, 6) is 0.680. The zero-order valence-corrected chi connectivity index (χ0v) is 16.5. The largest absolute Gasteiger partial charge is 0.493 e. The Hall–Kier alpha value is -2.82. The van der Waals surface area contributed by atoms with E-state index in [1.54, 1.807) is 0 Å². The van der Waals surface area contributed by atoms with Crippen molar-refractivity contribution in [2.45, 2.75) is 40.7 Å². The van der Waals surface area contributed by atoms with Crippen molar-refractivity contribution in [3.05, 3.63) is 59.2 Å². The number of anilines is 1. The van der Waals surface area contributed by atoms with Crippen LogP contribution in [0.2, 0.25) is 0 Å². The third-order valence-electron chi connectivity index (χ3n) is 4.15. The lowest BCUT2D eigenvalue weighted by molar-refractivity contribution is -0.121. The van der Waals surface area contributed by atoms with Gasteiger partial charge in [-0.2, -0.15) is 0 Å². The van der Waals surface area contributed by atoms with Crippen LogP contribution < -0.4 is 15.4 Å². The van der Waals surface area contributed by atoms with Crippen LogP contribution in [0, 0.1) is 19.8 Å². The van der Waals surface area contributed by atoms with E-state index in [4.69, 9.17) is 4.74 Å². The molecule has 2 N–H and O–H groups in total. The Morgan fingerprint density at radius 2 is 1.74 bits per heavy atom. The second kappa shape index (κ2) is 9.76. The highest BCUT2D eigenvalue weighted by molar-refractivity contribution is 5.92. The fraction of sp³-hybridized carbons (Fsp3) is 0.364. The van der Waals surface area contributed by atoms with E-state index in [2.05, 4.69) is 16.7 Å². The summed E-state index contributed by atoms with van der Waals surface area (Å²) < 4.78 is 5.69. The van der Waals surface area contributed by atoms with Gasteiger partial charge >= 0.3 is 0 Å². The van der Waals surface area contributed by atoms with Crippen LogP contribution in [0.25, 0.3) is 0 Å². The van der Waals surface area contributed by atoms with Gasteiger partial charge in [0.2, 0.25) is 11.8 Å². The zero-order valence-electron chi connectivity index (χ0n) is 16.5. The summed E-state index contributed by atoms with van der Waals surface area (Å²) >= 11 is 0. The van der Waals surface area contributed by atoms with E-state index in [-0.39, 0.29) is 17.7 Å². The highest BCUT2D eigenvalue weighted by Gasteiger charge is 2.07. The van der Waals surface area contributed by atoms with Crippen molar-refractivity contribution in [2.24, 2.45) is 5.92 Å². The fourth-order valence-corrected chi connectivity index (χ4v) is 2.50. The van der Waals surface area contributed by atoms with Gasteiger partial charge in [-0.1, -0.05) is 43.7 Å². The number of carbonyl (C=O) groups is 2. The van der Waals surface area contributed by atoms with Crippen LogP contribution in [0.15, 0.2) is 42.5 Å². The van der Waals surface area contributed by atoms with Crippen molar-refractivity contribution < 1.29 is 14.3 Å². The summed E-state index contributed by atoms with van der Waals surface area (Å²) in [5.41, 5.74) is 3.99. The van der Waals surface area contributed by atoms with Crippen LogP contribution >= 0.6 is 0 Å². The van der Waals surface area contributed by atoms with Gasteiger partial charge in [0.05, 0.1) is 13.0 Å². The van der Waals surface area contributed by atoms with Crippen molar-refractivity contribution in [3.63, 3.8) is 0 Å². The molecule has 0 bridgehead atoms. The molecule has 0 unspecified atom stereocenters. The molecule has 0 aliphatic carbocycles. The first kappa shape index (κ1) is 20.5. The molecule has 2 amide bonds. The minimum absolute atomic E-state index is 0.0140. The SMILES string of the molecule is Cc1ccc(OCCC(=O)NCc2ccc(NC(=O)C(C)C)cc2)c(C)c1. The van der Waals surface area contributed by atoms with Gasteiger partial charge in [-0.15, -0.1) is 0 Å². The second-order valence-electron chi connectivity index (χ2n) is 6.99. The van der Waals surface area contributed by atoms with Gasteiger partial charge < -0.3 is 15.4 Å². The molecule has 0 saturated heterocycles. The number of rotatable bonds is 8. The summed E-state index contributed by atoms with van der Waals surface area (Å²) in [6, 6.07) is 13.4. The van der Waals surface area contributed by atoms with Crippen molar-refractivity contribution in [3.8, 4) is 5.75 Å². The maximum Gasteiger partial charge on any atom is 0.226 e. The smallest absolute Gasteiger partial charge is 0.226 e. The van der Waals surface area contributed by atoms with E-state index in [1.165, 1.54) is 5.56 Å². The Bertz CT molecular complexity index is 783. The lowest BCUT2D eigenvalue weighted by Crippen LogP contribution is -2.24. The Morgan fingerprint density at radius 1 is 1.04 bits per heavy atom. The molecule has 0 fully saturated rings. The highest BCUT2D eigenvalue weighted by Crippen LogP contribution is 2.18. The molecule has 0 heterocycles. The van der Waals surface area contributed by atoms with Crippen molar-refractivity contribution >= 4 is 17.5 Å². The molecule has 5 nitrogen and oxygen atoms in total. The lowest BCUT2D eigenvalue weighted by Gasteiger charge is -2.11. The Balaban J connectivity index is 1.72. The van der Waals surface area contributed by atoms with E-state index >= 15 is 0 Å². The molecular formula is C22H28N2O3. The standard InChI is InChI=1S/C22H28N2O3/c1-15(2)22(26)24-19-8-6-18(7-9-19)14-23-21(25)11-12-27-20-10-5-16(3)13-17(20)4/h5-10,13,15H,11-12,14H2,1-4H3,(H,23,25)(H,24,26). The molecule has 2 aromatic rings. The third kappa shape index (κ3) is 6.77. The molecule has 2 aromatic carbocycles. The summed E-state index contributed by atoms with van der Waals surface area (Å²) in [6.07, 6.45) is 0.301. The van der Waals surface area contributed by atoms with Crippen molar-refractivity contribution in [1.82, 2.24) is 5.32 Å². The van der Waals surface area contributed by atoms with Crippen LogP contribution in [-0.2, 0) is 16.1 Å². The third-order valence-corrected chi connectivity index (χ3v) is 4.15. The van der Waals surface area contributed by atoms with Crippen molar-refractivity contribution in [1.29, 1.82) is 0 Å². The van der Waals surface area contributed by atoms with Gasteiger partial charge in [0.1, 0.15) is 5.75 Å². The molecule has 2 rings (SSSR count). The maximum absolute atomic E-state index is 12.0. The van der Waals surface area contributed by atoms with Crippen molar-refractivity contribution in [2.75, 3.05) is 11.9 Å². The Morgan fingerprint density at radius 3 is 2.37 bits per heavy atom. The molecule has 0 spiro atoms. The number of nitrogens with one attached hydrogen (secondary N) is 2. The highest BCUT2D eigenvalue weighted by atomic mass is 16.5. The minimum atomic E-state index is -0.0603. The van der Waals surface area contributed by atoms with Crippen LogP contribution in [0.4, 0.5) is 5.69 Å². The molecule has 0 aliphatic heterocycles. The zero-order chi connectivity index (χ0) is 19.8. The summed E-state index contributed by atoms with van der Waals surface area (Å²) in [5, 5.41) is 5.72. The predicted octanol–water partition coefficient (Wildman–Crippen LogP) is 3.98. The van der Waals surface area contributed by atoms with Gasteiger partial charge in [-0.3, -0.25) is 9.59 Å². The normalized spacial score (nSPS) is 10.6. The molecule has 0 aliphatic rings. The number of hydrogen-bond donors (Lipinski definition) is 2. The van der Waals surface area contributed by atoms with Crippen LogP contribution in [-0.4, -0.2) is 18.4 Å². The number of ether oxygens (including phenoxy) is 1. The number of carbonyl (C=O) groups excluding carboxylic acids is 2. The number of benzene rings is 2. The molecule has 27 heavy (non-hydrogen) atoms. The summed E-state index contributed by atoms with van der Waals surface area (Å²) in [4.78, 5) is 23.7. The predicted molar refractivity (Wildman–Crippen MR) is 108 cm³/mol. The number of aryl methyl sites for hydroxylation is 2. The first-order valence-corrected chi connectivity index (χ1v) is 9.21. The van der Waals surface area contributed by atoms with Gasteiger partial charge in [0.15, 0.2) is 0 Å². The van der Waals surface area contributed by atoms with E-state index in [0.29, 0.717) is 19.6 Å². The van der Waals surface area contributed by atoms with E-state index < -0.39 is 0 Å².